The second-order valence-corrected chi connectivity index (χ2v) is 5.55. The number of nitrogens with one attached hydrogen (secondary N) is 2. The van der Waals surface area contributed by atoms with E-state index < -0.39 is 23.5 Å². The van der Waals surface area contributed by atoms with Crippen molar-refractivity contribution in [3.8, 4) is 0 Å². The fourth-order valence-electron chi connectivity index (χ4n) is 2.00. The molecule has 0 aliphatic heterocycles. The molecular formula is C15H17F3N4O2. The largest absolute Gasteiger partial charge is 0.453 e. The molecule has 2 rings (SSSR count). The monoisotopic (exact) mass is 342 g/mol. The van der Waals surface area contributed by atoms with Gasteiger partial charge in [-0.15, -0.1) is 5.10 Å². The number of aliphatic hydroxyl groups is 1. The maximum absolute atomic E-state index is 12.4. The molecule has 0 spiro atoms. The van der Waals surface area contributed by atoms with E-state index in [1.165, 1.54) is 6.92 Å². The van der Waals surface area contributed by atoms with Gasteiger partial charge in [0.05, 0.1) is 6.54 Å². The van der Waals surface area contributed by atoms with E-state index in [4.69, 9.17) is 0 Å². The van der Waals surface area contributed by atoms with Crippen LogP contribution in [0.4, 0.5) is 13.2 Å². The molecule has 1 heterocycles. The summed E-state index contributed by atoms with van der Waals surface area (Å²) in [5.41, 5.74) is -0.682. The Labute approximate surface area is 136 Å². The summed E-state index contributed by atoms with van der Waals surface area (Å²) in [5.74, 6) is -2.14. The van der Waals surface area contributed by atoms with E-state index in [0.29, 0.717) is 6.42 Å². The third kappa shape index (κ3) is 4.79. The number of amides is 1. The number of aromatic nitrogens is 3. The highest BCUT2D eigenvalue weighted by molar-refractivity contribution is 5.84. The standard InChI is InChI=1S/C15H17F3N4O2/c1-14(24,8-7-10-5-3-2-4-6-10)13(23)19-9-11-20-12(22-21-11)15(16,17)18/h2-6,24H,7-9H2,1H3,(H,19,23)(H,20,21,22)/t14-/m0/s1. The average molecular weight is 342 g/mol. The predicted octanol–water partition coefficient (Wildman–Crippen LogP) is 1.82. The Kier molecular flexibility index (Phi) is 5.23. The predicted molar refractivity (Wildman–Crippen MR) is 78.6 cm³/mol. The fourth-order valence-corrected chi connectivity index (χ4v) is 2.00. The van der Waals surface area contributed by atoms with Gasteiger partial charge in [0.1, 0.15) is 11.4 Å². The molecule has 0 radical (unpaired) electrons. The molecule has 9 heteroatoms. The van der Waals surface area contributed by atoms with Crippen molar-refractivity contribution in [2.24, 2.45) is 0 Å². The number of rotatable bonds is 6. The smallest absolute Gasteiger partial charge is 0.380 e. The zero-order chi connectivity index (χ0) is 17.8. The Hall–Kier alpha value is -2.42. The van der Waals surface area contributed by atoms with Crippen molar-refractivity contribution in [1.82, 2.24) is 20.5 Å². The minimum atomic E-state index is -4.65. The van der Waals surface area contributed by atoms with Gasteiger partial charge in [0.25, 0.3) is 11.7 Å². The van der Waals surface area contributed by atoms with E-state index in [0.717, 1.165) is 5.56 Å². The molecule has 1 aromatic heterocycles. The van der Waals surface area contributed by atoms with Crippen molar-refractivity contribution >= 4 is 5.91 Å². The highest BCUT2D eigenvalue weighted by Crippen LogP contribution is 2.25. The lowest BCUT2D eigenvalue weighted by Crippen LogP contribution is -2.44. The summed E-state index contributed by atoms with van der Waals surface area (Å²) in [7, 11) is 0. The van der Waals surface area contributed by atoms with Gasteiger partial charge < -0.3 is 10.4 Å². The molecule has 0 saturated carbocycles. The van der Waals surface area contributed by atoms with Crippen LogP contribution in [0, 0.1) is 0 Å². The van der Waals surface area contributed by atoms with Crippen molar-refractivity contribution in [1.29, 1.82) is 0 Å². The number of halogens is 3. The van der Waals surface area contributed by atoms with E-state index in [-0.39, 0.29) is 18.8 Å². The Balaban J connectivity index is 1.87. The first-order valence-electron chi connectivity index (χ1n) is 7.21. The van der Waals surface area contributed by atoms with Crippen LogP contribution >= 0.6 is 0 Å². The topological polar surface area (TPSA) is 90.9 Å². The average Bonchev–Trinajstić information content (AvgIpc) is 3.01. The molecule has 6 nitrogen and oxygen atoms in total. The van der Waals surface area contributed by atoms with Gasteiger partial charge in [0.2, 0.25) is 0 Å². The quantitative estimate of drug-likeness (QED) is 0.747. The van der Waals surface area contributed by atoms with Crippen molar-refractivity contribution in [2.45, 2.75) is 38.1 Å². The number of carbonyl (C=O) groups is 1. The molecular weight excluding hydrogens is 325 g/mol. The number of benzene rings is 1. The zero-order valence-electron chi connectivity index (χ0n) is 12.9. The van der Waals surface area contributed by atoms with E-state index in [1.807, 2.05) is 30.3 Å². The molecule has 1 atom stereocenters. The molecule has 130 valence electrons. The van der Waals surface area contributed by atoms with Crippen molar-refractivity contribution < 1.29 is 23.1 Å². The van der Waals surface area contributed by atoms with Crippen LogP contribution in [-0.4, -0.2) is 31.8 Å². The first-order chi connectivity index (χ1) is 11.2. The molecule has 0 bridgehead atoms. The molecule has 0 unspecified atom stereocenters. The number of alkyl halides is 3. The summed E-state index contributed by atoms with van der Waals surface area (Å²) in [6.45, 7) is 1.07. The van der Waals surface area contributed by atoms with Gasteiger partial charge in [-0.25, -0.2) is 4.98 Å². The summed E-state index contributed by atoms with van der Waals surface area (Å²) in [6.07, 6.45) is -3.99. The number of carbonyl (C=O) groups excluding carboxylic acids is 1. The molecule has 24 heavy (non-hydrogen) atoms. The summed E-state index contributed by atoms with van der Waals surface area (Å²) in [5, 5.41) is 17.7. The van der Waals surface area contributed by atoms with Crippen LogP contribution in [0.2, 0.25) is 0 Å². The third-order valence-corrected chi connectivity index (χ3v) is 3.43. The first kappa shape index (κ1) is 17.9. The number of aromatic amines is 1. The number of nitrogens with zero attached hydrogens (tertiary/aromatic N) is 2. The van der Waals surface area contributed by atoms with E-state index in [1.54, 1.807) is 0 Å². The van der Waals surface area contributed by atoms with E-state index in [9.17, 15) is 23.1 Å². The SMILES string of the molecule is C[C@](O)(CCc1ccccc1)C(=O)NCc1nc(C(F)(F)F)n[nH]1. The summed E-state index contributed by atoms with van der Waals surface area (Å²) < 4.78 is 37.1. The second kappa shape index (κ2) is 7.00. The van der Waals surface area contributed by atoms with Gasteiger partial charge in [-0.3, -0.25) is 9.89 Å². The fraction of sp³-hybridized carbons (Fsp3) is 0.400. The summed E-state index contributed by atoms with van der Waals surface area (Å²) in [4.78, 5) is 15.3. The third-order valence-electron chi connectivity index (χ3n) is 3.43. The van der Waals surface area contributed by atoms with Crippen LogP contribution in [0.1, 0.15) is 30.6 Å². The molecule has 1 amide bonds. The Morgan fingerprint density at radius 2 is 1.96 bits per heavy atom. The van der Waals surface area contributed by atoms with Gasteiger partial charge >= 0.3 is 6.18 Å². The Bertz CT molecular complexity index is 684. The molecule has 0 aliphatic rings. The highest BCUT2D eigenvalue weighted by atomic mass is 19.4. The van der Waals surface area contributed by atoms with Crippen molar-refractivity contribution in [3.63, 3.8) is 0 Å². The zero-order valence-corrected chi connectivity index (χ0v) is 12.9. The lowest BCUT2D eigenvalue weighted by atomic mass is 9.96. The van der Waals surface area contributed by atoms with E-state index in [2.05, 4.69) is 20.5 Å². The van der Waals surface area contributed by atoms with Crippen molar-refractivity contribution in [2.75, 3.05) is 0 Å². The van der Waals surface area contributed by atoms with Crippen LogP contribution in [0.5, 0.6) is 0 Å². The minimum absolute atomic E-state index is 0.144. The molecule has 0 fully saturated rings. The summed E-state index contributed by atoms with van der Waals surface area (Å²) >= 11 is 0. The molecule has 1 aromatic carbocycles. The van der Waals surface area contributed by atoms with Gasteiger partial charge in [0, 0.05) is 0 Å². The van der Waals surface area contributed by atoms with Crippen LogP contribution < -0.4 is 5.32 Å². The van der Waals surface area contributed by atoms with Gasteiger partial charge in [0.15, 0.2) is 0 Å². The van der Waals surface area contributed by atoms with Crippen LogP contribution in [0.25, 0.3) is 0 Å². The minimum Gasteiger partial charge on any atom is -0.380 e. The van der Waals surface area contributed by atoms with Crippen LogP contribution in [0.3, 0.4) is 0 Å². The van der Waals surface area contributed by atoms with Gasteiger partial charge in [-0.2, -0.15) is 13.2 Å². The number of hydrogen-bond donors (Lipinski definition) is 3. The molecule has 0 saturated heterocycles. The van der Waals surface area contributed by atoms with E-state index >= 15 is 0 Å². The number of H-pyrrole nitrogens is 1. The normalized spacial score (nSPS) is 14.2. The first-order valence-corrected chi connectivity index (χ1v) is 7.21. The molecule has 0 aliphatic carbocycles. The van der Waals surface area contributed by atoms with Crippen LogP contribution in [0.15, 0.2) is 30.3 Å². The molecule has 2 aromatic rings. The number of hydrogen-bond acceptors (Lipinski definition) is 4. The lowest BCUT2D eigenvalue weighted by molar-refractivity contribution is -0.144. The molecule has 3 N–H and O–H groups in total. The number of aryl methyl sites for hydroxylation is 1. The highest BCUT2D eigenvalue weighted by Gasteiger charge is 2.36. The van der Waals surface area contributed by atoms with Gasteiger partial charge in [-0.05, 0) is 25.3 Å². The second-order valence-electron chi connectivity index (χ2n) is 5.55. The Morgan fingerprint density at radius 1 is 1.29 bits per heavy atom. The van der Waals surface area contributed by atoms with Crippen molar-refractivity contribution in [3.05, 3.63) is 47.5 Å². The maximum atomic E-state index is 12.4. The van der Waals surface area contributed by atoms with Crippen LogP contribution in [-0.2, 0) is 23.9 Å². The van der Waals surface area contributed by atoms with Gasteiger partial charge in [-0.1, -0.05) is 30.3 Å². The Morgan fingerprint density at radius 3 is 2.54 bits per heavy atom. The lowest BCUT2D eigenvalue weighted by Gasteiger charge is -2.22. The summed E-state index contributed by atoms with van der Waals surface area (Å²) in [6, 6.07) is 9.32. The maximum Gasteiger partial charge on any atom is 0.453 e.